The van der Waals surface area contributed by atoms with Crippen LogP contribution in [0.2, 0.25) is 0 Å². The number of hydrogen-bond donors (Lipinski definition) is 1. The van der Waals surface area contributed by atoms with Gasteiger partial charge in [0.15, 0.2) is 0 Å². The summed E-state index contributed by atoms with van der Waals surface area (Å²) in [6, 6.07) is 11.9. The topological polar surface area (TPSA) is 61.5 Å². The number of nitrogens with two attached hydrogens (primary N) is 1. The van der Waals surface area contributed by atoms with E-state index in [0.29, 0.717) is 19.0 Å². The van der Waals surface area contributed by atoms with Crippen molar-refractivity contribution in [3.8, 4) is 5.75 Å². The minimum atomic E-state index is -1.15. The molecule has 122 valence electrons. The molecule has 2 aromatic carbocycles. The molecule has 0 radical (unpaired) electrons. The van der Waals surface area contributed by atoms with Crippen LogP contribution in [0, 0.1) is 5.92 Å². The Labute approximate surface area is 136 Å². The van der Waals surface area contributed by atoms with Crippen molar-refractivity contribution in [3.63, 3.8) is 0 Å². The first-order chi connectivity index (χ1) is 11.1. The predicted octanol–water partition coefficient (Wildman–Crippen LogP) is 3.37. The summed E-state index contributed by atoms with van der Waals surface area (Å²) in [6.45, 7) is 4.57. The van der Waals surface area contributed by atoms with Crippen molar-refractivity contribution in [2.24, 2.45) is 11.7 Å². The molecule has 0 aromatic heterocycles. The first-order valence-corrected chi connectivity index (χ1v) is 8.24. The van der Waals surface area contributed by atoms with Crippen molar-refractivity contribution < 1.29 is 14.3 Å². The molecule has 1 saturated carbocycles. The average Bonchev–Trinajstić information content (AvgIpc) is 3.39. The van der Waals surface area contributed by atoms with E-state index in [1.165, 1.54) is 0 Å². The van der Waals surface area contributed by atoms with Gasteiger partial charge in [0.25, 0.3) is 0 Å². The first kappa shape index (κ1) is 15.8. The lowest BCUT2D eigenvalue weighted by atomic mass is 9.82. The molecule has 1 aliphatic carbocycles. The van der Waals surface area contributed by atoms with E-state index in [4.69, 9.17) is 15.2 Å². The van der Waals surface area contributed by atoms with Gasteiger partial charge in [0, 0.05) is 5.56 Å². The van der Waals surface area contributed by atoms with Crippen LogP contribution in [0.25, 0.3) is 10.8 Å². The zero-order valence-corrected chi connectivity index (χ0v) is 13.7. The molecule has 3 rings (SSSR count). The van der Waals surface area contributed by atoms with Gasteiger partial charge in [-0.2, -0.15) is 0 Å². The van der Waals surface area contributed by atoms with Crippen LogP contribution in [0.5, 0.6) is 5.75 Å². The molecule has 1 aliphatic rings. The number of benzene rings is 2. The molecule has 4 heteroatoms. The van der Waals surface area contributed by atoms with Gasteiger partial charge in [-0.1, -0.05) is 30.3 Å². The maximum absolute atomic E-state index is 12.7. The third kappa shape index (κ3) is 2.68. The lowest BCUT2D eigenvalue weighted by Gasteiger charge is -2.30. The number of carbonyl (C=O) groups excluding carboxylic acids is 1. The van der Waals surface area contributed by atoms with Crippen molar-refractivity contribution >= 4 is 16.7 Å². The molecule has 1 fully saturated rings. The maximum Gasteiger partial charge on any atom is 0.331 e. The maximum atomic E-state index is 12.7. The second kappa shape index (κ2) is 6.20. The van der Waals surface area contributed by atoms with E-state index in [1.54, 1.807) is 6.92 Å². The fourth-order valence-corrected chi connectivity index (χ4v) is 3.22. The van der Waals surface area contributed by atoms with Crippen LogP contribution in [0.1, 0.15) is 32.3 Å². The highest BCUT2D eigenvalue weighted by molar-refractivity contribution is 5.95. The summed E-state index contributed by atoms with van der Waals surface area (Å²) in [6.07, 6.45) is 1.87. The Morgan fingerprint density at radius 1 is 1.17 bits per heavy atom. The minimum Gasteiger partial charge on any atom is -0.493 e. The van der Waals surface area contributed by atoms with Crippen molar-refractivity contribution in [2.75, 3.05) is 13.2 Å². The van der Waals surface area contributed by atoms with Gasteiger partial charge in [-0.25, -0.2) is 4.79 Å². The molecule has 1 unspecified atom stereocenters. The molecular formula is C19H23NO3. The highest BCUT2D eigenvalue weighted by atomic mass is 16.5. The number of hydrogen-bond acceptors (Lipinski definition) is 4. The van der Waals surface area contributed by atoms with Crippen LogP contribution in [-0.2, 0) is 15.1 Å². The molecule has 0 aliphatic heterocycles. The van der Waals surface area contributed by atoms with Crippen molar-refractivity contribution in [2.45, 2.75) is 32.2 Å². The van der Waals surface area contributed by atoms with Gasteiger partial charge in [-0.05, 0) is 49.4 Å². The number of rotatable bonds is 6. The summed E-state index contributed by atoms with van der Waals surface area (Å²) in [5.41, 5.74) is 6.31. The first-order valence-electron chi connectivity index (χ1n) is 8.24. The van der Waals surface area contributed by atoms with E-state index in [-0.39, 0.29) is 11.9 Å². The van der Waals surface area contributed by atoms with Crippen LogP contribution < -0.4 is 10.5 Å². The smallest absolute Gasteiger partial charge is 0.331 e. The third-order valence-corrected chi connectivity index (χ3v) is 4.44. The summed E-state index contributed by atoms with van der Waals surface area (Å²) in [7, 11) is 0. The number of carbonyl (C=O) groups is 1. The Morgan fingerprint density at radius 3 is 2.57 bits per heavy atom. The molecule has 0 saturated heterocycles. The molecule has 23 heavy (non-hydrogen) atoms. The van der Waals surface area contributed by atoms with E-state index in [9.17, 15) is 4.79 Å². The lowest BCUT2D eigenvalue weighted by molar-refractivity contribution is -0.151. The molecule has 0 bridgehead atoms. The molecule has 0 amide bonds. The van der Waals surface area contributed by atoms with Gasteiger partial charge in [-0.3, -0.25) is 0 Å². The standard InChI is InChI=1S/C19H23NO3/c1-3-22-16-12-9-13-7-5-6-8-15(13)17(16)19(20,14-10-11-14)18(21)23-4-2/h5-9,12,14H,3-4,10-11,20H2,1-2H3. The van der Waals surface area contributed by atoms with Crippen LogP contribution in [0.3, 0.4) is 0 Å². The molecule has 0 heterocycles. The predicted molar refractivity (Wildman–Crippen MR) is 90.3 cm³/mol. The SMILES string of the molecule is CCOC(=O)C(N)(c1c(OCC)ccc2ccccc12)C1CC1. The molecule has 2 aromatic rings. The van der Waals surface area contributed by atoms with E-state index in [0.717, 1.165) is 29.2 Å². The zero-order chi connectivity index (χ0) is 16.4. The van der Waals surface area contributed by atoms with Crippen LogP contribution in [-0.4, -0.2) is 19.2 Å². The van der Waals surface area contributed by atoms with Crippen LogP contribution >= 0.6 is 0 Å². The van der Waals surface area contributed by atoms with Crippen molar-refractivity contribution in [3.05, 3.63) is 42.0 Å². The Kier molecular flexibility index (Phi) is 4.26. The largest absolute Gasteiger partial charge is 0.493 e. The van der Waals surface area contributed by atoms with Gasteiger partial charge in [0.1, 0.15) is 11.3 Å². The monoisotopic (exact) mass is 313 g/mol. The Hall–Kier alpha value is -2.07. The minimum absolute atomic E-state index is 0.103. The summed E-state index contributed by atoms with van der Waals surface area (Å²) in [5.74, 6) is 0.417. The number of fused-ring (bicyclic) bond motifs is 1. The summed E-state index contributed by atoms with van der Waals surface area (Å²) in [5, 5.41) is 2.01. The molecule has 2 N–H and O–H groups in total. The molecule has 0 spiro atoms. The second-order valence-electron chi connectivity index (χ2n) is 5.96. The highest BCUT2D eigenvalue weighted by Crippen LogP contribution is 2.49. The molecule has 4 nitrogen and oxygen atoms in total. The average molecular weight is 313 g/mol. The van der Waals surface area contributed by atoms with Gasteiger partial charge in [0.05, 0.1) is 13.2 Å². The number of esters is 1. The number of ether oxygens (including phenoxy) is 2. The van der Waals surface area contributed by atoms with E-state index >= 15 is 0 Å². The highest BCUT2D eigenvalue weighted by Gasteiger charge is 2.52. The van der Waals surface area contributed by atoms with Crippen molar-refractivity contribution in [1.82, 2.24) is 0 Å². The van der Waals surface area contributed by atoms with Gasteiger partial charge in [0.2, 0.25) is 0 Å². The quantitative estimate of drug-likeness (QED) is 0.831. The van der Waals surface area contributed by atoms with Gasteiger partial charge < -0.3 is 15.2 Å². The fourth-order valence-electron chi connectivity index (χ4n) is 3.22. The molecular weight excluding hydrogens is 290 g/mol. The lowest BCUT2D eigenvalue weighted by Crippen LogP contribution is -2.48. The van der Waals surface area contributed by atoms with Crippen molar-refractivity contribution in [1.29, 1.82) is 0 Å². The van der Waals surface area contributed by atoms with E-state index in [1.807, 2.05) is 43.3 Å². The Bertz CT molecular complexity index is 724. The van der Waals surface area contributed by atoms with Crippen LogP contribution in [0.15, 0.2) is 36.4 Å². The molecule has 1 atom stereocenters. The zero-order valence-electron chi connectivity index (χ0n) is 13.7. The summed E-state index contributed by atoms with van der Waals surface area (Å²) in [4.78, 5) is 12.7. The Morgan fingerprint density at radius 2 is 1.91 bits per heavy atom. The third-order valence-electron chi connectivity index (χ3n) is 4.44. The van der Waals surface area contributed by atoms with E-state index < -0.39 is 5.54 Å². The van der Waals surface area contributed by atoms with Crippen LogP contribution in [0.4, 0.5) is 0 Å². The van der Waals surface area contributed by atoms with E-state index in [2.05, 4.69) is 0 Å². The van der Waals surface area contributed by atoms with Gasteiger partial charge >= 0.3 is 5.97 Å². The van der Waals surface area contributed by atoms with Gasteiger partial charge in [-0.15, -0.1) is 0 Å². The summed E-state index contributed by atoms with van der Waals surface area (Å²) < 4.78 is 11.1. The second-order valence-corrected chi connectivity index (χ2v) is 5.96. The fraction of sp³-hybridized carbons (Fsp3) is 0.421. The summed E-state index contributed by atoms with van der Waals surface area (Å²) >= 11 is 0. The normalized spacial score (nSPS) is 16.8. The Balaban J connectivity index is 2.25.